The number of carbonyl (C=O) groups excluding carboxylic acids is 1. The predicted octanol–water partition coefficient (Wildman–Crippen LogP) is 4.28. The van der Waals surface area contributed by atoms with Crippen molar-refractivity contribution < 1.29 is 22.7 Å². The lowest BCUT2D eigenvalue weighted by Gasteiger charge is -2.31. The molecule has 194 valence electrons. The number of nitrogens with zero attached hydrogens (tertiary/aromatic N) is 5. The summed E-state index contributed by atoms with van der Waals surface area (Å²) in [6.45, 7) is 1.65. The minimum Gasteiger partial charge on any atom is -0.497 e. The summed E-state index contributed by atoms with van der Waals surface area (Å²) in [6, 6.07) is 6.97. The highest BCUT2D eigenvalue weighted by molar-refractivity contribution is 5.99. The summed E-state index contributed by atoms with van der Waals surface area (Å²) in [5.74, 6) is 0.861. The second-order valence-corrected chi connectivity index (χ2v) is 9.37. The number of pyridine rings is 1. The van der Waals surface area contributed by atoms with Crippen LogP contribution in [0.25, 0.3) is 11.1 Å². The summed E-state index contributed by atoms with van der Waals surface area (Å²) in [4.78, 5) is 21.6. The normalized spacial score (nSPS) is 15.9. The number of hydrogen-bond acceptors (Lipinski definition) is 5. The average Bonchev–Trinajstić information content (AvgIpc) is 3.46. The Balaban J connectivity index is 1.57. The van der Waals surface area contributed by atoms with Crippen LogP contribution < -0.4 is 4.74 Å². The van der Waals surface area contributed by atoms with Gasteiger partial charge in [-0.1, -0.05) is 0 Å². The van der Waals surface area contributed by atoms with E-state index in [4.69, 9.17) is 10.1 Å². The molecule has 4 heterocycles. The van der Waals surface area contributed by atoms with Gasteiger partial charge in [-0.15, -0.1) is 0 Å². The molecule has 1 amide bonds. The minimum absolute atomic E-state index is 0.0414. The van der Waals surface area contributed by atoms with Gasteiger partial charge in [0.05, 0.1) is 25.2 Å². The number of fused-ring (bicyclic) bond motifs is 1. The zero-order valence-corrected chi connectivity index (χ0v) is 20.6. The molecule has 1 N–H and O–H groups in total. The number of amides is 1. The SMILES string of the molecule is COc1ccnc(CN2CCc3c(cc(CN4CCCC4=N)cc3-c3cn(C)nc3C(F)(F)F)C2=O)c1. The molecule has 0 bridgehead atoms. The van der Waals surface area contributed by atoms with Crippen LogP contribution in [0.4, 0.5) is 13.2 Å². The van der Waals surface area contributed by atoms with Crippen LogP contribution >= 0.6 is 0 Å². The smallest absolute Gasteiger partial charge is 0.435 e. The lowest BCUT2D eigenvalue weighted by Crippen LogP contribution is -2.37. The Kier molecular flexibility index (Phi) is 6.38. The monoisotopic (exact) mass is 512 g/mol. The molecule has 0 saturated carbocycles. The van der Waals surface area contributed by atoms with Gasteiger partial charge in [-0.05, 0) is 47.7 Å². The highest BCUT2D eigenvalue weighted by Gasteiger charge is 2.39. The molecule has 0 radical (unpaired) electrons. The Morgan fingerprint density at radius 2 is 1.84 bits per heavy atom. The maximum absolute atomic E-state index is 13.9. The Hall–Kier alpha value is -3.89. The van der Waals surface area contributed by atoms with Crippen molar-refractivity contribution in [2.75, 3.05) is 20.2 Å². The van der Waals surface area contributed by atoms with Crippen LogP contribution in [0.5, 0.6) is 5.75 Å². The number of hydrogen-bond donors (Lipinski definition) is 1. The predicted molar refractivity (Wildman–Crippen MR) is 130 cm³/mol. The fraction of sp³-hybridized carbons (Fsp3) is 0.385. The molecule has 0 unspecified atom stereocenters. The molecule has 2 aliphatic rings. The molecule has 2 aromatic heterocycles. The van der Waals surface area contributed by atoms with Gasteiger partial charge in [0.15, 0.2) is 5.69 Å². The lowest BCUT2D eigenvalue weighted by molar-refractivity contribution is -0.140. The molecule has 2 aliphatic heterocycles. The van der Waals surface area contributed by atoms with Crippen molar-refractivity contribution in [2.24, 2.45) is 7.05 Å². The van der Waals surface area contributed by atoms with Gasteiger partial charge < -0.3 is 14.5 Å². The van der Waals surface area contributed by atoms with Gasteiger partial charge in [0.2, 0.25) is 0 Å². The maximum atomic E-state index is 13.9. The van der Waals surface area contributed by atoms with E-state index in [1.807, 2.05) is 4.90 Å². The van der Waals surface area contributed by atoms with Gasteiger partial charge in [-0.2, -0.15) is 18.3 Å². The molecular formula is C26H27F3N6O2. The van der Waals surface area contributed by atoms with Crippen LogP contribution in [0, 0.1) is 5.41 Å². The summed E-state index contributed by atoms with van der Waals surface area (Å²) in [6.07, 6.45) is 0.248. The fourth-order valence-corrected chi connectivity index (χ4v) is 5.08. The summed E-state index contributed by atoms with van der Waals surface area (Å²) in [7, 11) is 3.01. The number of halogens is 3. The number of nitrogens with one attached hydrogen (secondary N) is 1. The first-order chi connectivity index (χ1) is 17.6. The quantitative estimate of drug-likeness (QED) is 0.533. The second kappa shape index (κ2) is 9.53. The number of ether oxygens (including phenoxy) is 1. The number of alkyl halides is 3. The van der Waals surface area contributed by atoms with Crippen molar-refractivity contribution in [1.82, 2.24) is 24.6 Å². The van der Waals surface area contributed by atoms with Crippen molar-refractivity contribution in [3.05, 3.63) is 64.7 Å². The zero-order valence-electron chi connectivity index (χ0n) is 20.6. The number of likely N-dealkylation sites (tertiary alicyclic amines) is 1. The van der Waals surface area contributed by atoms with E-state index in [-0.39, 0.29) is 18.0 Å². The molecule has 11 heteroatoms. The van der Waals surface area contributed by atoms with Gasteiger partial charge in [-0.25, -0.2) is 0 Å². The van der Waals surface area contributed by atoms with Crippen LogP contribution in [-0.2, 0) is 32.7 Å². The Morgan fingerprint density at radius 1 is 1.05 bits per heavy atom. The number of benzene rings is 1. The number of amidine groups is 1. The number of methoxy groups -OCH3 is 1. The van der Waals surface area contributed by atoms with Gasteiger partial charge in [0, 0.05) is 62.7 Å². The number of rotatable bonds is 6. The summed E-state index contributed by atoms with van der Waals surface area (Å²) in [5.41, 5.74) is 1.66. The van der Waals surface area contributed by atoms with Crippen molar-refractivity contribution in [3.63, 3.8) is 0 Å². The molecule has 5 rings (SSSR count). The van der Waals surface area contributed by atoms with Crippen molar-refractivity contribution >= 4 is 11.7 Å². The van der Waals surface area contributed by atoms with E-state index in [1.54, 1.807) is 42.5 Å². The maximum Gasteiger partial charge on any atom is 0.435 e. The fourth-order valence-electron chi connectivity index (χ4n) is 5.08. The average molecular weight is 513 g/mol. The Bertz CT molecular complexity index is 1370. The molecule has 0 aliphatic carbocycles. The number of carbonyl (C=O) groups is 1. The third-order valence-corrected chi connectivity index (χ3v) is 6.82. The van der Waals surface area contributed by atoms with Gasteiger partial charge in [0.1, 0.15) is 5.75 Å². The molecule has 37 heavy (non-hydrogen) atoms. The third-order valence-electron chi connectivity index (χ3n) is 6.82. The largest absolute Gasteiger partial charge is 0.497 e. The summed E-state index contributed by atoms with van der Waals surface area (Å²) in [5, 5.41) is 11.9. The first-order valence-corrected chi connectivity index (χ1v) is 12.0. The second-order valence-electron chi connectivity index (χ2n) is 9.37. The van der Waals surface area contributed by atoms with Crippen LogP contribution in [-0.4, -0.2) is 56.5 Å². The first kappa shape index (κ1) is 24.8. The molecule has 1 fully saturated rings. The van der Waals surface area contributed by atoms with Crippen molar-refractivity contribution in [1.29, 1.82) is 5.41 Å². The Morgan fingerprint density at radius 3 is 2.54 bits per heavy atom. The molecule has 0 spiro atoms. The van der Waals surface area contributed by atoms with E-state index < -0.39 is 11.9 Å². The van der Waals surface area contributed by atoms with Crippen molar-refractivity contribution in [2.45, 2.75) is 38.5 Å². The minimum atomic E-state index is -4.64. The van der Waals surface area contributed by atoms with E-state index >= 15 is 0 Å². The van der Waals surface area contributed by atoms with E-state index in [9.17, 15) is 18.0 Å². The Labute approximate surface area is 212 Å². The number of aryl methyl sites for hydroxylation is 1. The van der Waals surface area contributed by atoms with E-state index in [2.05, 4.69) is 10.1 Å². The molecular weight excluding hydrogens is 485 g/mol. The molecule has 1 saturated heterocycles. The van der Waals surface area contributed by atoms with Crippen LogP contribution in [0.2, 0.25) is 0 Å². The zero-order chi connectivity index (χ0) is 26.3. The van der Waals surface area contributed by atoms with E-state index in [1.165, 1.54) is 13.2 Å². The van der Waals surface area contributed by atoms with Crippen LogP contribution in [0.15, 0.2) is 36.7 Å². The highest BCUT2D eigenvalue weighted by atomic mass is 19.4. The molecule has 1 aromatic carbocycles. The van der Waals surface area contributed by atoms with Crippen LogP contribution in [0.3, 0.4) is 0 Å². The number of aromatic nitrogens is 3. The van der Waals surface area contributed by atoms with E-state index in [0.717, 1.165) is 11.1 Å². The summed E-state index contributed by atoms with van der Waals surface area (Å²) < 4.78 is 48.1. The third kappa shape index (κ3) is 4.90. The summed E-state index contributed by atoms with van der Waals surface area (Å²) >= 11 is 0. The topological polar surface area (TPSA) is 87.3 Å². The van der Waals surface area contributed by atoms with Gasteiger partial charge in [-0.3, -0.25) is 19.9 Å². The van der Waals surface area contributed by atoms with Crippen LogP contribution in [0.1, 0.15) is 45.7 Å². The van der Waals surface area contributed by atoms with Gasteiger partial charge in [0.25, 0.3) is 5.91 Å². The molecule has 8 nitrogen and oxygen atoms in total. The molecule has 0 atom stereocenters. The van der Waals surface area contributed by atoms with Gasteiger partial charge >= 0.3 is 6.18 Å². The standard InChI is InChI=1S/C26H27F3N6O2/c1-33-15-22(24(32-33)26(27,28)29)20-10-16(13-34-8-3-4-23(34)30)11-21-19(20)6-9-35(25(21)36)14-17-12-18(37-2)5-7-31-17/h5,7,10-12,15,30H,3-4,6,8-9,13-14H2,1-2H3. The molecule has 3 aromatic rings. The van der Waals surface area contributed by atoms with E-state index in [0.29, 0.717) is 72.0 Å². The van der Waals surface area contributed by atoms with Crippen molar-refractivity contribution in [3.8, 4) is 16.9 Å². The highest BCUT2D eigenvalue weighted by Crippen LogP contribution is 2.40. The first-order valence-electron chi connectivity index (χ1n) is 12.0. The lowest BCUT2D eigenvalue weighted by atomic mass is 9.88.